The molecule has 3 heterocycles. The number of thiazole rings is 1. The number of carbonyl (C=O) groups excluding carboxylic acids is 1. The molecule has 2 aromatic carbocycles. The number of hydrogen-bond donors (Lipinski definition) is 0. The van der Waals surface area contributed by atoms with Crippen LogP contribution >= 0.6 is 11.3 Å². The van der Waals surface area contributed by atoms with Gasteiger partial charge in [0.05, 0.1) is 10.5 Å². The van der Waals surface area contributed by atoms with Crippen molar-refractivity contribution in [3.8, 4) is 0 Å². The molecule has 5 rings (SSSR count). The second-order valence-electron chi connectivity index (χ2n) is 7.85. The Morgan fingerprint density at radius 3 is 2.58 bits per heavy atom. The lowest BCUT2D eigenvalue weighted by Crippen LogP contribution is -2.48. The van der Waals surface area contributed by atoms with Crippen molar-refractivity contribution < 1.29 is 4.79 Å². The first-order valence-corrected chi connectivity index (χ1v) is 11.5. The molecule has 5 nitrogen and oxygen atoms in total. The maximum Gasteiger partial charge on any atom is 0.273 e. The van der Waals surface area contributed by atoms with E-state index in [0.717, 1.165) is 49.7 Å². The minimum atomic E-state index is 0.0436. The number of rotatable bonds is 5. The third-order valence-electron chi connectivity index (χ3n) is 5.74. The molecule has 1 saturated heterocycles. The average molecular weight is 429 g/mol. The topological polar surface area (TPSA) is 49.3 Å². The molecular formula is C25H24N4OS. The summed E-state index contributed by atoms with van der Waals surface area (Å²) < 4.78 is 0. The molecule has 0 unspecified atom stereocenters. The second kappa shape index (κ2) is 8.96. The average Bonchev–Trinajstić information content (AvgIpc) is 3.28. The number of fused-ring (bicyclic) bond motifs is 1. The van der Waals surface area contributed by atoms with Gasteiger partial charge in [0.15, 0.2) is 0 Å². The Labute approximate surface area is 186 Å². The number of amides is 1. The molecule has 0 atom stereocenters. The van der Waals surface area contributed by atoms with Crippen LogP contribution in [-0.2, 0) is 13.0 Å². The van der Waals surface area contributed by atoms with Crippen molar-refractivity contribution in [2.24, 2.45) is 0 Å². The molecule has 0 saturated carbocycles. The lowest BCUT2D eigenvalue weighted by atomic mass is 10.1. The fraction of sp³-hybridized carbons (Fsp3) is 0.240. The molecule has 6 heteroatoms. The van der Waals surface area contributed by atoms with Gasteiger partial charge in [0, 0.05) is 56.1 Å². The number of carbonyl (C=O) groups is 1. The number of aromatic nitrogens is 2. The van der Waals surface area contributed by atoms with Gasteiger partial charge >= 0.3 is 0 Å². The summed E-state index contributed by atoms with van der Waals surface area (Å²) in [5.41, 5.74) is 4.09. The first-order valence-electron chi connectivity index (χ1n) is 10.6. The monoisotopic (exact) mass is 428 g/mol. The molecule has 1 fully saturated rings. The molecule has 1 aliphatic rings. The van der Waals surface area contributed by atoms with Crippen molar-refractivity contribution >= 4 is 28.1 Å². The van der Waals surface area contributed by atoms with Crippen LogP contribution in [0.2, 0.25) is 0 Å². The Morgan fingerprint density at radius 1 is 0.935 bits per heavy atom. The highest BCUT2D eigenvalue weighted by Gasteiger charge is 2.24. The molecular weight excluding hydrogens is 404 g/mol. The van der Waals surface area contributed by atoms with Gasteiger partial charge in [-0.15, -0.1) is 11.3 Å². The van der Waals surface area contributed by atoms with E-state index in [9.17, 15) is 4.79 Å². The molecule has 0 aliphatic carbocycles. The lowest BCUT2D eigenvalue weighted by molar-refractivity contribution is 0.0623. The summed E-state index contributed by atoms with van der Waals surface area (Å²) in [5.74, 6) is 0.0436. The number of para-hydroxylation sites is 1. The van der Waals surface area contributed by atoms with Gasteiger partial charge in [0.2, 0.25) is 0 Å². The number of benzene rings is 2. The van der Waals surface area contributed by atoms with Crippen molar-refractivity contribution in [2.45, 2.75) is 13.0 Å². The largest absolute Gasteiger partial charge is 0.335 e. The maximum atomic E-state index is 12.9. The molecule has 0 bridgehead atoms. The van der Waals surface area contributed by atoms with Crippen molar-refractivity contribution in [3.05, 3.63) is 94.1 Å². The standard InChI is InChI=1S/C25H24N4OS/c30-25(22-18-31-23(27-22)16-19-6-2-1-3-7-19)29-14-12-28(13-15-29)17-21-9-4-8-20-10-5-11-26-24(20)21/h1-11,18H,12-17H2. The van der Waals surface area contributed by atoms with Gasteiger partial charge < -0.3 is 4.90 Å². The minimum absolute atomic E-state index is 0.0436. The van der Waals surface area contributed by atoms with E-state index in [4.69, 9.17) is 0 Å². The molecule has 4 aromatic rings. The first kappa shape index (κ1) is 19.8. The fourth-order valence-electron chi connectivity index (χ4n) is 4.07. The summed E-state index contributed by atoms with van der Waals surface area (Å²) in [5, 5.41) is 4.05. The van der Waals surface area contributed by atoms with Crippen LogP contribution in [0.4, 0.5) is 0 Å². The zero-order chi connectivity index (χ0) is 21.0. The molecule has 156 valence electrons. The third-order valence-corrected chi connectivity index (χ3v) is 6.59. The van der Waals surface area contributed by atoms with Crippen LogP contribution in [0.3, 0.4) is 0 Å². The Hall–Kier alpha value is -3.09. The summed E-state index contributed by atoms with van der Waals surface area (Å²) in [7, 11) is 0. The normalized spacial score (nSPS) is 14.8. The van der Waals surface area contributed by atoms with Crippen LogP contribution < -0.4 is 0 Å². The van der Waals surface area contributed by atoms with Gasteiger partial charge in [-0.05, 0) is 17.2 Å². The van der Waals surface area contributed by atoms with E-state index < -0.39 is 0 Å². The van der Waals surface area contributed by atoms with Crippen molar-refractivity contribution in [1.82, 2.24) is 19.8 Å². The summed E-state index contributed by atoms with van der Waals surface area (Å²) in [4.78, 5) is 26.4. The maximum absolute atomic E-state index is 12.9. The number of piperazine rings is 1. The highest BCUT2D eigenvalue weighted by atomic mass is 32.1. The van der Waals surface area contributed by atoms with Crippen LogP contribution in [0.25, 0.3) is 10.9 Å². The fourth-order valence-corrected chi connectivity index (χ4v) is 4.87. The van der Waals surface area contributed by atoms with Gasteiger partial charge in [-0.3, -0.25) is 14.7 Å². The second-order valence-corrected chi connectivity index (χ2v) is 8.79. The Kier molecular flexibility index (Phi) is 5.74. The molecule has 0 radical (unpaired) electrons. The predicted octanol–water partition coefficient (Wildman–Crippen LogP) is 4.24. The van der Waals surface area contributed by atoms with E-state index in [1.165, 1.54) is 16.5 Å². The van der Waals surface area contributed by atoms with Crippen LogP contribution in [0.15, 0.2) is 72.2 Å². The van der Waals surface area contributed by atoms with Crippen LogP contribution in [-0.4, -0.2) is 51.9 Å². The summed E-state index contributed by atoms with van der Waals surface area (Å²) in [6, 6.07) is 20.7. The molecule has 0 spiro atoms. The highest BCUT2D eigenvalue weighted by molar-refractivity contribution is 7.09. The van der Waals surface area contributed by atoms with Crippen LogP contribution in [0.5, 0.6) is 0 Å². The van der Waals surface area contributed by atoms with E-state index >= 15 is 0 Å². The zero-order valence-corrected chi connectivity index (χ0v) is 18.1. The Morgan fingerprint density at radius 2 is 1.74 bits per heavy atom. The minimum Gasteiger partial charge on any atom is -0.335 e. The van der Waals surface area contributed by atoms with E-state index in [0.29, 0.717) is 5.69 Å². The summed E-state index contributed by atoms with van der Waals surface area (Å²) >= 11 is 1.56. The van der Waals surface area contributed by atoms with E-state index in [-0.39, 0.29) is 5.91 Å². The van der Waals surface area contributed by atoms with Gasteiger partial charge in [0.25, 0.3) is 5.91 Å². The highest BCUT2D eigenvalue weighted by Crippen LogP contribution is 2.20. The van der Waals surface area contributed by atoms with Gasteiger partial charge in [-0.25, -0.2) is 4.98 Å². The number of hydrogen-bond acceptors (Lipinski definition) is 5. The molecule has 1 aliphatic heterocycles. The van der Waals surface area contributed by atoms with E-state index in [1.54, 1.807) is 11.3 Å². The van der Waals surface area contributed by atoms with Gasteiger partial charge in [0.1, 0.15) is 5.69 Å². The summed E-state index contributed by atoms with van der Waals surface area (Å²) in [6.07, 6.45) is 2.62. The van der Waals surface area contributed by atoms with Crippen LogP contribution in [0.1, 0.15) is 26.6 Å². The molecule has 0 N–H and O–H groups in total. The quantitative estimate of drug-likeness (QED) is 0.477. The number of nitrogens with zero attached hydrogens (tertiary/aromatic N) is 4. The molecule has 1 amide bonds. The van der Waals surface area contributed by atoms with E-state index in [2.05, 4.69) is 51.3 Å². The zero-order valence-electron chi connectivity index (χ0n) is 17.3. The third kappa shape index (κ3) is 4.50. The van der Waals surface area contributed by atoms with Crippen molar-refractivity contribution in [3.63, 3.8) is 0 Å². The van der Waals surface area contributed by atoms with E-state index in [1.807, 2.05) is 40.7 Å². The van der Waals surface area contributed by atoms with Gasteiger partial charge in [-0.1, -0.05) is 54.6 Å². The lowest BCUT2D eigenvalue weighted by Gasteiger charge is -2.34. The summed E-state index contributed by atoms with van der Waals surface area (Å²) in [6.45, 7) is 4.02. The molecule has 31 heavy (non-hydrogen) atoms. The SMILES string of the molecule is O=C(c1csc(Cc2ccccc2)n1)N1CCN(Cc2cccc3cccnc23)CC1. The van der Waals surface area contributed by atoms with Crippen molar-refractivity contribution in [2.75, 3.05) is 26.2 Å². The van der Waals surface area contributed by atoms with Crippen molar-refractivity contribution in [1.29, 1.82) is 0 Å². The number of pyridine rings is 1. The Balaban J connectivity index is 1.19. The predicted molar refractivity (Wildman–Crippen MR) is 124 cm³/mol. The van der Waals surface area contributed by atoms with Gasteiger partial charge in [-0.2, -0.15) is 0 Å². The molecule has 2 aromatic heterocycles. The first-order chi connectivity index (χ1) is 15.3. The Bertz CT molecular complexity index is 1180. The smallest absolute Gasteiger partial charge is 0.273 e. The van der Waals surface area contributed by atoms with Crippen LogP contribution in [0, 0.1) is 0 Å².